The SMILES string of the molecule is CCCNC(CC1(OC)CCC1)c1ncccc1OC. The summed E-state index contributed by atoms with van der Waals surface area (Å²) in [5.41, 5.74) is 1.01. The average Bonchev–Trinajstić information content (AvgIpc) is 2.46. The van der Waals surface area contributed by atoms with Gasteiger partial charge in [0.25, 0.3) is 0 Å². The zero-order valence-electron chi connectivity index (χ0n) is 12.8. The van der Waals surface area contributed by atoms with Crippen LogP contribution in [0.4, 0.5) is 0 Å². The van der Waals surface area contributed by atoms with Crippen LogP contribution < -0.4 is 10.1 Å². The maximum Gasteiger partial charge on any atom is 0.141 e. The smallest absolute Gasteiger partial charge is 0.141 e. The second-order valence-electron chi connectivity index (χ2n) is 5.54. The highest BCUT2D eigenvalue weighted by molar-refractivity contribution is 5.30. The molecular formula is C16H26N2O2. The van der Waals surface area contributed by atoms with Gasteiger partial charge < -0.3 is 14.8 Å². The van der Waals surface area contributed by atoms with Gasteiger partial charge in [-0.1, -0.05) is 6.92 Å². The molecule has 1 N–H and O–H groups in total. The third kappa shape index (κ3) is 3.30. The molecule has 20 heavy (non-hydrogen) atoms. The molecular weight excluding hydrogens is 252 g/mol. The quantitative estimate of drug-likeness (QED) is 0.793. The molecule has 1 aromatic heterocycles. The van der Waals surface area contributed by atoms with Crippen LogP contribution in [0.3, 0.4) is 0 Å². The zero-order valence-corrected chi connectivity index (χ0v) is 12.8. The van der Waals surface area contributed by atoms with E-state index < -0.39 is 0 Å². The van der Waals surface area contributed by atoms with Crippen LogP contribution in [0.1, 0.15) is 50.8 Å². The number of ether oxygens (including phenoxy) is 2. The van der Waals surface area contributed by atoms with Gasteiger partial charge in [-0.05, 0) is 50.8 Å². The fraction of sp³-hybridized carbons (Fsp3) is 0.688. The monoisotopic (exact) mass is 278 g/mol. The minimum Gasteiger partial charge on any atom is -0.495 e. The highest BCUT2D eigenvalue weighted by Crippen LogP contribution is 2.42. The summed E-state index contributed by atoms with van der Waals surface area (Å²) in [6.45, 7) is 3.15. The Morgan fingerprint density at radius 3 is 2.75 bits per heavy atom. The molecule has 1 saturated carbocycles. The van der Waals surface area contributed by atoms with Gasteiger partial charge in [-0.3, -0.25) is 4.98 Å². The first kappa shape index (κ1) is 15.3. The molecule has 1 fully saturated rings. The molecule has 0 radical (unpaired) electrons. The number of nitrogens with zero attached hydrogens (tertiary/aromatic N) is 1. The van der Waals surface area contributed by atoms with E-state index >= 15 is 0 Å². The van der Waals surface area contributed by atoms with Gasteiger partial charge in [0, 0.05) is 13.3 Å². The van der Waals surface area contributed by atoms with Crippen molar-refractivity contribution < 1.29 is 9.47 Å². The average molecular weight is 278 g/mol. The Hall–Kier alpha value is -1.13. The van der Waals surface area contributed by atoms with Crippen molar-refractivity contribution in [2.45, 2.75) is 50.7 Å². The number of hydrogen-bond donors (Lipinski definition) is 1. The molecule has 4 nitrogen and oxygen atoms in total. The highest BCUT2D eigenvalue weighted by atomic mass is 16.5. The number of rotatable bonds is 8. The van der Waals surface area contributed by atoms with E-state index in [0.717, 1.165) is 43.7 Å². The molecule has 2 rings (SSSR count). The maximum atomic E-state index is 5.77. The lowest BCUT2D eigenvalue weighted by molar-refractivity contribution is -0.0841. The second-order valence-corrected chi connectivity index (χ2v) is 5.54. The van der Waals surface area contributed by atoms with Crippen LogP contribution in [-0.4, -0.2) is 31.3 Å². The van der Waals surface area contributed by atoms with Crippen molar-refractivity contribution in [1.29, 1.82) is 0 Å². The Balaban J connectivity index is 2.18. The van der Waals surface area contributed by atoms with E-state index in [0.29, 0.717) is 0 Å². The molecule has 0 spiro atoms. The predicted octanol–water partition coefficient (Wildman–Crippen LogP) is 3.09. The molecule has 0 aromatic carbocycles. The summed E-state index contributed by atoms with van der Waals surface area (Å²) in [6, 6.07) is 4.07. The Kier molecular flexibility index (Phi) is 5.38. The molecule has 1 aromatic rings. The van der Waals surface area contributed by atoms with Gasteiger partial charge in [0.2, 0.25) is 0 Å². The van der Waals surface area contributed by atoms with Gasteiger partial charge in [0.1, 0.15) is 5.75 Å². The van der Waals surface area contributed by atoms with Gasteiger partial charge in [-0.25, -0.2) is 0 Å². The normalized spacial score (nSPS) is 18.4. The minimum atomic E-state index is 0.0218. The van der Waals surface area contributed by atoms with Crippen LogP contribution in [0.15, 0.2) is 18.3 Å². The maximum absolute atomic E-state index is 5.77. The number of aromatic nitrogens is 1. The largest absolute Gasteiger partial charge is 0.495 e. The summed E-state index contributed by atoms with van der Waals surface area (Å²) in [7, 11) is 3.53. The zero-order chi connectivity index (χ0) is 14.4. The van der Waals surface area contributed by atoms with Crippen LogP contribution in [0.25, 0.3) is 0 Å². The van der Waals surface area contributed by atoms with Crippen molar-refractivity contribution in [3.8, 4) is 5.75 Å². The summed E-state index contributed by atoms with van der Waals surface area (Å²) in [5, 5.41) is 3.60. The van der Waals surface area contributed by atoms with Crippen LogP contribution in [-0.2, 0) is 4.74 Å². The molecule has 0 bridgehead atoms. The molecule has 0 amide bonds. The van der Waals surface area contributed by atoms with Crippen molar-refractivity contribution in [2.75, 3.05) is 20.8 Å². The summed E-state index contributed by atoms with van der Waals surface area (Å²) in [6.07, 6.45) is 7.43. The van der Waals surface area contributed by atoms with Crippen molar-refractivity contribution in [2.24, 2.45) is 0 Å². The Morgan fingerprint density at radius 2 is 2.20 bits per heavy atom. The van der Waals surface area contributed by atoms with E-state index in [2.05, 4.69) is 17.2 Å². The summed E-state index contributed by atoms with van der Waals surface area (Å²) in [5.74, 6) is 0.853. The number of pyridine rings is 1. The van der Waals surface area contributed by atoms with E-state index in [1.807, 2.05) is 25.4 Å². The van der Waals surface area contributed by atoms with Crippen LogP contribution in [0.2, 0.25) is 0 Å². The molecule has 112 valence electrons. The highest BCUT2D eigenvalue weighted by Gasteiger charge is 2.40. The fourth-order valence-electron chi connectivity index (χ4n) is 2.86. The van der Waals surface area contributed by atoms with Gasteiger partial charge >= 0.3 is 0 Å². The van der Waals surface area contributed by atoms with Gasteiger partial charge in [0.15, 0.2) is 0 Å². The third-order valence-corrected chi connectivity index (χ3v) is 4.26. The molecule has 0 saturated heterocycles. The molecule has 0 aliphatic heterocycles. The van der Waals surface area contributed by atoms with Gasteiger partial charge in [0.05, 0.1) is 24.4 Å². The van der Waals surface area contributed by atoms with Crippen molar-refractivity contribution in [3.05, 3.63) is 24.0 Å². The first-order valence-electron chi connectivity index (χ1n) is 7.52. The lowest BCUT2D eigenvalue weighted by atomic mass is 9.75. The molecule has 1 heterocycles. The second kappa shape index (κ2) is 7.04. The van der Waals surface area contributed by atoms with E-state index in [9.17, 15) is 0 Å². The molecule has 1 atom stereocenters. The van der Waals surface area contributed by atoms with Crippen molar-refractivity contribution >= 4 is 0 Å². The Morgan fingerprint density at radius 1 is 1.40 bits per heavy atom. The van der Waals surface area contributed by atoms with E-state index in [1.165, 1.54) is 6.42 Å². The van der Waals surface area contributed by atoms with Crippen LogP contribution >= 0.6 is 0 Å². The number of nitrogens with one attached hydrogen (secondary N) is 1. The fourth-order valence-corrected chi connectivity index (χ4v) is 2.86. The molecule has 1 aliphatic rings. The van der Waals surface area contributed by atoms with E-state index in [4.69, 9.17) is 9.47 Å². The standard InChI is InChI=1S/C16H26N2O2/c1-4-10-17-13(12-16(20-3)8-6-9-16)15-14(19-2)7-5-11-18-15/h5,7,11,13,17H,4,6,8-10,12H2,1-3H3. The summed E-state index contributed by atoms with van der Waals surface area (Å²) < 4.78 is 11.2. The summed E-state index contributed by atoms with van der Waals surface area (Å²) in [4.78, 5) is 4.54. The molecule has 1 unspecified atom stereocenters. The first-order chi connectivity index (χ1) is 9.74. The first-order valence-corrected chi connectivity index (χ1v) is 7.52. The Labute approximate surface area is 121 Å². The Bertz CT molecular complexity index is 413. The lowest BCUT2D eigenvalue weighted by Gasteiger charge is -2.43. The predicted molar refractivity (Wildman–Crippen MR) is 80.0 cm³/mol. The topological polar surface area (TPSA) is 43.4 Å². The van der Waals surface area contributed by atoms with Gasteiger partial charge in [-0.15, -0.1) is 0 Å². The molecule has 4 heteroatoms. The lowest BCUT2D eigenvalue weighted by Crippen LogP contribution is -2.43. The van der Waals surface area contributed by atoms with Crippen molar-refractivity contribution in [1.82, 2.24) is 10.3 Å². The number of hydrogen-bond acceptors (Lipinski definition) is 4. The van der Waals surface area contributed by atoms with E-state index in [1.54, 1.807) is 7.11 Å². The van der Waals surface area contributed by atoms with Crippen molar-refractivity contribution in [3.63, 3.8) is 0 Å². The molecule has 1 aliphatic carbocycles. The number of methoxy groups -OCH3 is 2. The summed E-state index contributed by atoms with van der Waals surface area (Å²) >= 11 is 0. The van der Waals surface area contributed by atoms with Gasteiger partial charge in [-0.2, -0.15) is 0 Å². The third-order valence-electron chi connectivity index (χ3n) is 4.26. The van der Waals surface area contributed by atoms with Crippen LogP contribution in [0.5, 0.6) is 5.75 Å². The minimum absolute atomic E-state index is 0.0218. The van der Waals surface area contributed by atoms with E-state index in [-0.39, 0.29) is 11.6 Å². The van der Waals surface area contributed by atoms with Crippen LogP contribution in [0, 0.1) is 0 Å².